The fourth-order valence-electron chi connectivity index (χ4n) is 2.54. The van der Waals surface area contributed by atoms with Crippen LogP contribution in [0, 0.1) is 0 Å². The number of hydrogen-bond donors (Lipinski definition) is 1. The van der Waals surface area contributed by atoms with Gasteiger partial charge < -0.3 is 10.1 Å². The smallest absolute Gasteiger partial charge is 0.338 e. The maximum Gasteiger partial charge on any atom is 0.338 e. The van der Waals surface area contributed by atoms with Crippen molar-refractivity contribution in [1.29, 1.82) is 0 Å². The first-order valence-corrected chi connectivity index (χ1v) is 7.40. The maximum atomic E-state index is 12.3. The summed E-state index contributed by atoms with van der Waals surface area (Å²) in [4.78, 5) is 12.3. The topological polar surface area (TPSA) is 38.3 Å². The molecule has 2 aromatic carbocycles. The van der Waals surface area contributed by atoms with Gasteiger partial charge in [0.1, 0.15) is 6.61 Å². The quantitative estimate of drug-likeness (QED) is 0.869. The van der Waals surface area contributed by atoms with Crippen LogP contribution in [0.2, 0.25) is 5.02 Å². The van der Waals surface area contributed by atoms with E-state index in [4.69, 9.17) is 16.3 Å². The average Bonchev–Trinajstić information content (AvgIpc) is 2.53. The second kappa shape index (κ2) is 6.19. The van der Waals surface area contributed by atoms with Crippen molar-refractivity contribution >= 4 is 23.3 Å². The Morgan fingerprint density at radius 2 is 2.05 bits per heavy atom. The van der Waals surface area contributed by atoms with E-state index in [0.29, 0.717) is 10.6 Å². The molecular formula is C17H16ClNO2. The predicted molar refractivity (Wildman–Crippen MR) is 83.8 cm³/mol. The number of carbonyl (C=O) groups is 1. The number of hydrogen-bond acceptors (Lipinski definition) is 3. The predicted octanol–water partition coefficient (Wildman–Crippen LogP) is 4.06. The second-order valence-electron chi connectivity index (χ2n) is 5.03. The van der Waals surface area contributed by atoms with Crippen molar-refractivity contribution in [3.8, 4) is 0 Å². The fraction of sp³-hybridized carbons (Fsp3) is 0.235. The molecule has 0 atom stereocenters. The number of fused-ring (bicyclic) bond motifs is 1. The lowest BCUT2D eigenvalue weighted by atomic mass is 9.98. The second-order valence-corrected chi connectivity index (χ2v) is 5.44. The largest absolute Gasteiger partial charge is 0.457 e. The monoisotopic (exact) mass is 301 g/mol. The van der Waals surface area contributed by atoms with Crippen molar-refractivity contribution in [1.82, 2.24) is 0 Å². The summed E-state index contributed by atoms with van der Waals surface area (Å²) in [6, 6.07) is 13.1. The molecular weight excluding hydrogens is 286 g/mol. The minimum absolute atomic E-state index is 0.190. The molecule has 0 saturated heterocycles. The lowest BCUT2D eigenvalue weighted by molar-refractivity contribution is 0.0471. The highest BCUT2D eigenvalue weighted by atomic mass is 35.5. The van der Waals surface area contributed by atoms with Crippen LogP contribution in [0.15, 0.2) is 42.5 Å². The first-order chi connectivity index (χ1) is 10.3. The Labute approximate surface area is 128 Å². The molecule has 0 amide bonds. The summed E-state index contributed by atoms with van der Waals surface area (Å²) in [5.74, 6) is -0.296. The van der Waals surface area contributed by atoms with E-state index in [9.17, 15) is 4.79 Å². The number of ether oxygens (including phenoxy) is 1. The zero-order chi connectivity index (χ0) is 14.7. The van der Waals surface area contributed by atoms with Crippen LogP contribution in [0.5, 0.6) is 0 Å². The third-order valence-corrected chi connectivity index (χ3v) is 4.00. The van der Waals surface area contributed by atoms with Gasteiger partial charge in [0.25, 0.3) is 0 Å². The molecule has 0 fully saturated rings. The standard InChI is InChI=1S/C17H16ClNO2/c18-15-8-2-1-5-12(15)11-21-17(20)14-6-3-9-16-13(14)7-4-10-19-16/h1-3,5-6,8-9,19H,4,7,10-11H2. The first kappa shape index (κ1) is 14.0. The average molecular weight is 302 g/mol. The van der Waals surface area contributed by atoms with Crippen molar-refractivity contribution < 1.29 is 9.53 Å². The number of carbonyl (C=O) groups excluding carboxylic acids is 1. The van der Waals surface area contributed by atoms with E-state index in [0.717, 1.165) is 36.2 Å². The van der Waals surface area contributed by atoms with Gasteiger partial charge in [0.05, 0.1) is 5.56 Å². The summed E-state index contributed by atoms with van der Waals surface area (Å²) in [7, 11) is 0. The van der Waals surface area contributed by atoms with E-state index in [1.165, 1.54) is 0 Å². The van der Waals surface area contributed by atoms with Gasteiger partial charge in [-0.3, -0.25) is 0 Å². The Balaban J connectivity index is 1.76. The molecule has 1 heterocycles. The molecule has 2 aromatic rings. The Morgan fingerprint density at radius 3 is 2.90 bits per heavy atom. The zero-order valence-corrected chi connectivity index (χ0v) is 12.3. The van der Waals surface area contributed by atoms with Crippen molar-refractivity contribution in [2.75, 3.05) is 11.9 Å². The molecule has 1 aliphatic heterocycles. The van der Waals surface area contributed by atoms with Gasteiger partial charge in [-0.15, -0.1) is 0 Å². The number of rotatable bonds is 3. The third kappa shape index (κ3) is 3.03. The van der Waals surface area contributed by atoms with Crippen molar-refractivity contribution in [3.63, 3.8) is 0 Å². The summed E-state index contributed by atoms with van der Waals surface area (Å²) in [5.41, 5.74) is 3.54. The van der Waals surface area contributed by atoms with Crippen LogP contribution < -0.4 is 5.32 Å². The van der Waals surface area contributed by atoms with Crippen LogP contribution in [0.3, 0.4) is 0 Å². The van der Waals surface area contributed by atoms with Crippen LogP contribution in [-0.4, -0.2) is 12.5 Å². The Kier molecular flexibility index (Phi) is 4.11. The van der Waals surface area contributed by atoms with Crippen LogP contribution in [0.1, 0.15) is 27.9 Å². The molecule has 4 heteroatoms. The molecule has 1 N–H and O–H groups in total. The van der Waals surface area contributed by atoms with Gasteiger partial charge in [0.15, 0.2) is 0 Å². The highest BCUT2D eigenvalue weighted by Gasteiger charge is 2.18. The van der Waals surface area contributed by atoms with Crippen LogP contribution in [0.25, 0.3) is 0 Å². The molecule has 21 heavy (non-hydrogen) atoms. The molecule has 0 aliphatic carbocycles. The van der Waals surface area contributed by atoms with Gasteiger partial charge in [-0.2, -0.15) is 0 Å². The number of esters is 1. The highest BCUT2D eigenvalue weighted by molar-refractivity contribution is 6.31. The van der Waals surface area contributed by atoms with Crippen LogP contribution in [0.4, 0.5) is 5.69 Å². The van der Waals surface area contributed by atoms with E-state index >= 15 is 0 Å². The fourth-order valence-corrected chi connectivity index (χ4v) is 2.73. The Morgan fingerprint density at radius 1 is 1.19 bits per heavy atom. The van der Waals surface area contributed by atoms with E-state index in [2.05, 4.69) is 5.32 Å². The molecule has 0 bridgehead atoms. The van der Waals surface area contributed by atoms with Gasteiger partial charge in [0.2, 0.25) is 0 Å². The lowest BCUT2D eigenvalue weighted by Gasteiger charge is -2.20. The van der Waals surface area contributed by atoms with Crippen LogP contribution in [-0.2, 0) is 17.8 Å². The van der Waals surface area contributed by atoms with Crippen molar-refractivity contribution in [3.05, 3.63) is 64.2 Å². The minimum atomic E-state index is -0.296. The zero-order valence-electron chi connectivity index (χ0n) is 11.6. The summed E-state index contributed by atoms with van der Waals surface area (Å²) < 4.78 is 5.41. The van der Waals surface area contributed by atoms with Gasteiger partial charge >= 0.3 is 5.97 Å². The van der Waals surface area contributed by atoms with Crippen molar-refractivity contribution in [2.45, 2.75) is 19.4 Å². The molecule has 0 radical (unpaired) electrons. The normalized spacial score (nSPS) is 13.2. The number of halogens is 1. The summed E-state index contributed by atoms with van der Waals surface area (Å²) in [6.45, 7) is 1.14. The number of benzene rings is 2. The maximum absolute atomic E-state index is 12.3. The first-order valence-electron chi connectivity index (χ1n) is 7.02. The SMILES string of the molecule is O=C(OCc1ccccc1Cl)c1cccc2c1CCCN2. The summed E-state index contributed by atoms with van der Waals surface area (Å²) >= 11 is 6.07. The molecule has 1 aliphatic rings. The van der Waals surface area contributed by atoms with Gasteiger partial charge in [0, 0.05) is 22.8 Å². The van der Waals surface area contributed by atoms with Gasteiger partial charge in [-0.05, 0) is 36.6 Å². The number of nitrogens with one attached hydrogen (secondary N) is 1. The van der Waals surface area contributed by atoms with E-state index < -0.39 is 0 Å². The molecule has 0 aromatic heterocycles. The van der Waals surface area contributed by atoms with E-state index in [1.807, 2.05) is 36.4 Å². The molecule has 0 saturated carbocycles. The highest BCUT2D eigenvalue weighted by Crippen LogP contribution is 2.26. The molecule has 108 valence electrons. The molecule has 0 unspecified atom stereocenters. The third-order valence-electron chi connectivity index (χ3n) is 3.63. The molecule has 3 nitrogen and oxygen atoms in total. The molecule has 3 rings (SSSR count). The van der Waals surface area contributed by atoms with E-state index in [-0.39, 0.29) is 12.6 Å². The van der Waals surface area contributed by atoms with Gasteiger partial charge in [-0.25, -0.2) is 4.79 Å². The summed E-state index contributed by atoms with van der Waals surface area (Å²) in [5, 5.41) is 3.92. The Bertz CT molecular complexity index is 670. The Hall–Kier alpha value is -2.00. The van der Waals surface area contributed by atoms with Crippen molar-refractivity contribution in [2.24, 2.45) is 0 Å². The van der Waals surface area contributed by atoms with E-state index in [1.54, 1.807) is 6.07 Å². The number of anilines is 1. The summed E-state index contributed by atoms with van der Waals surface area (Å²) in [6.07, 6.45) is 1.93. The minimum Gasteiger partial charge on any atom is -0.457 e. The lowest BCUT2D eigenvalue weighted by Crippen LogP contribution is -2.16. The van der Waals surface area contributed by atoms with Gasteiger partial charge in [-0.1, -0.05) is 35.9 Å². The molecule has 0 spiro atoms. The van der Waals surface area contributed by atoms with Crippen LogP contribution >= 0.6 is 11.6 Å².